The van der Waals surface area contributed by atoms with Gasteiger partial charge in [0.25, 0.3) is 0 Å². The van der Waals surface area contributed by atoms with Crippen LogP contribution in [0.15, 0.2) is 12.3 Å². The molecule has 0 aromatic carbocycles. The van der Waals surface area contributed by atoms with Crippen molar-refractivity contribution in [2.75, 3.05) is 25.9 Å². The molecule has 1 aliphatic rings. The number of rotatable bonds is 7. The third-order valence-corrected chi connectivity index (χ3v) is 2.94. The van der Waals surface area contributed by atoms with Crippen LogP contribution in [0.25, 0.3) is 0 Å². The molecule has 1 heterocycles. The van der Waals surface area contributed by atoms with Crippen LogP contribution in [0.2, 0.25) is 0 Å². The second kappa shape index (κ2) is 5.86. The molecule has 0 aliphatic heterocycles. The molecule has 1 amide bonds. The number of amides is 1. The van der Waals surface area contributed by atoms with Crippen LogP contribution in [0.3, 0.4) is 0 Å². The van der Waals surface area contributed by atoms with E-state index in [0.29, 0.717) is 18.4 Å². The quantitative estimate of drug-likeness (QED) is 0.719. The van der Waals surface area contributed by atoms with Gasteiger partial charge in [-0.2, -0.15) is 5.10 Å². The molecule has 0 radical (unpaired) electrons. The first-order valence-corrected chi connectivity index (χ1v) is 6.40. The number of nitrogens with zero attached hydrogens (tertiary/aromatic N) is 3. The van der Waals surface area contributed by atoms with Gasteiger partial charge in [0, 0.05) is 25.3 Å². The molecule has 0 atom stereocenters. The molecule has 1 fully saturated rings. The van der Waals surface area contributed by atoms with Gasteiger partial charge in [0.05, 0.1) is 6.54 Å². The Balaban J connectivity index is 1.58. The summed E-state index contributed by atoms with van der Waals surface area (Å²) in [4.78, 5) is 13.6. The van der Waals surface area contributed by atoms with Crippen molar-refractivity contribution in [3.05, 3.63) is 12.3 Å². The number of hydrogen-bond donors (Lipinski definition) is 2. The molecule has 2 rings (SSSR count). The summed E-state index contributed by atoms with van der Waals surface area (Å²) in [6.07, 6.45) is 5.09. The third kappa shape index (κ3) is 4.37. The molecular formula is C12H21N5O. The van der Waals surface area contributed by atoms with Gasteiger partial charge in [-0.3, -0.25) is 14.4 Å². The third-order valence-electron chi connectivity index (χ3n) is 2.94. The average Bonchev–Trinajstić information content (AvgIpc) is 3.00. The maximum atomic E-state index is 11.6. The SMILES string of the molecule is CN(CCCn1ccc(N)n1)CC(=O)NC1CC1. The number of anilines is 1. The van der Waals surface area contributed by atoms with Crippen molar-refractivity contribution in [1.29, 1.82) is 0 Å². The molecule has 100 valence electrons. The van der Waals surface area contributed by atoms with Crippen molar-refractivity contribution in [2.45, 2.75) is 31.8 Å². The summed E-state index contributed by atoms with van der Waals surface area (Å²) >= 11 is 0. The van der Waals surface area contributed by atoms with Crippen molar-refractivity contribution in [3.8, 4) is 0 Å². The Hall–Kier alpha value is -1.56. The minimum Gasteiger partial charge on any atom is -0.382 e. The number of hydrogen-bond acceptors (Lipinski definition) is 4. The summed E-state index contributed by atoms with van der Waals surface area (Å²) in [5, 5.41) is 7.09. The maximum Gasteiger partial charge on any atom is 0.234 e. The standard InChI is InChI=1S/C12H21N5O/c1-16(9-12(18)14-10-3-4-10)6-2-7-17-8-5-11(13)15-17/h5,8,10H,2-4,6-7,9H2,1H3,(H2,13,15)(H,14,18). The predicted molar refractivity (Wildman–Crippen MR) is 69.9 cm³/mol. The number of carbonyl (C=O) groups is 1. The van der Waals surface area contributed by atoms with E-state index in [1.165, 1.54) is 0 Å². The fourth-order valence-corrected chi connectivity index (χ4v) is 1.83. The van der Waals surface area contributed by atoms with E-state index >= 15 is 0 Å². The van der Waals surface area contributed by atoms with E-state index in [0.717, 1.165) is 32.4 Å². The lowest BCUT2D eigenvalue weighted by Gasteiger charge is -2.15. The Bertz CT molecular complexity index is 399. The van der Waals surface area contributed by atoms with E-state index in [4.69, 9.17) is 5.73 Å². The Morgan fingerprint density at radius 2 is 2.44 bits per heavy atom. The second-order valence-electron chi connectivity index (χ2n) is 4.94. The van der Waals surface area contributed by atoms with Crippen molar-refractivity contribution in [1.82, 2.24) is 20.0 Å². The van der Waals surface area contributed by atoms with Crippen molar-refractivity contribution >= 4 is 11.7 Å². The second-order valence-corrected chi connectivity index (χ2v) is 4.94. The lowest BCUT2D eigenvalue weighted by molar-refractivity contribution is -0.122. The van der Waals surface area contributed by atoms with Gasteiger partial charge < -0.3 is 11.1 Å². The highest BCUT2D eigenvalue weighted by Crippen LogP contribution is 2.18. The van der Waals surface area contributed by atoms with Crippen LogP contribution >= 0.6 is 0 Å². The van der Waals surface area contributed by atoms with Crippen LogP contribution in [0, 0.1) is 0 Å². The molecule has 18 heavy (non-hydrogen) atoms. The Labute approximate surface area is 107 Å². The molecule has 6 heteroatoms. The number of carbonyl (C=O) groups excluding carboxylic acids is 1. The van der Waals surface area contributed by atoms with E-state index in [1.807, 2.05) is 22.8 Å². The first-order valence-electron chi connectivity index (χ1n) is 6.40. The molecule has 0 bridgehead atoms. The molecule has 1 saturated carbocycles. The summed E-state index contributed by atoms with van der Waals surface area (Å²) in [6.45, 7) is 2.17. The topological polar surface area (TPSA) is 76.2 Å². The van der Waals surface area contributed by atoms with Gasteiger partial charge in [0.2, 0.25) is 5.91 Å². The van der Waals surface area contributed by atoms with E-state index in [1.54, 1.807) is 6.07 Å². The van der Waals surface area contributed by atoms with Crippen molar-refractivity contribution in [3.63, 3.8) is 0 Å². The zero-order chi connectivity index (χ0) is 13.0. The summed E-state index contributed by atoms with van der Waals surface area (Å²) in [5.74, 6) is 0.676. The minimum absolute atomic E-state index is 0.128. The summed E-state index contributed by atoms with van der Waals surface area (Å²) in [5.41, 5.74) is 5.53. The maximum absolute atomic E-state index is 11.6. The number of likely N-dealkylation sites (N-methyl/N-ethyl adjacent to an activating group) is 1. The summed E-state index contributed by atoms with van der Waals surface area (Å²) in [6, 6.07) is 2.23. The molecule has 1 aromatic rings. The smallest absolute Gasteiger partial charge is 0.234 e. The molecular weight excluding hydrogens is 230 g/mol. The summed E-state index contributed by atoms with van der Waals surface area (Å²) in [7, 11) is 1.96. The van der Waals surface area contributed by atoms with Crippen molar-refractivity contribution in [2.24, 2.45) is 0 Å². The normalized spacial score (nSPS) is 15.0. The van der Waals surface area contributed by atoms with Crippen LogP contribution in [-0.2, 0) is 11.3 Å². The molecule has 0 unspecified atom stereocenters. The van der Waals surface area contributed by atoms with Gasteiger partial charge in [-0.1, -0.05) is 0 Å². The van der Waals surface area contributed by atoms with Crippen LogP contribution < -0.4 is 11.1 Å². The zero-order valence-corrected chi connectivity index (χ0v) is 10.8. The lowest BCUT2D eigenvalue weighted by atomic mass is 10.4. The monoisotopic (exact) mass is 251 g/mol. The van der Waals surface area contributed by atoms with E-state index in [-0.39, 0.29) is 5.91 Å². The first kappa shape index (κ1) is 12.9. The number of aryl methyl sites for hydroxylation is 1. The van der Waals surface area contributed by atoms with Crippen LogP contribution in [0.5, 0.6) is 0 Å². The van der Waals surface area contributed by atoms with Crippen LogP contribution in [0.4, 0.5) is 5.82 Å². The van der Waals surface area contributed by atoms with E-state index < -0.39 is 0 Å². The fourth-order valence-electron chi connectivity index (χ4n) is 1.83. The summed E-state index contributed by atoms with van der Waals surface area (Å²) < 4.78 is 1.83. The molecule has 0 spiro atoms. The van der Waals surface area contributed by atoms with Crippen molar-refractivity contribution < 1.29 is 4.79 Å². The molecule has 1 aromatic heterocycles. The Morgan fingerprint density at radius 1 is 1.67 bits per heavy atom. The average molecular weight is 251 g/mol. The van der Waals surface area contributed by atoms with E-state index in [2.05, 4.69) is 10.4 Å². The lowest BCUT2D eigenvalue weighted by Crippen LogP contribution is -2.36. The molecule has 3 N–H and O–H groups in total. The van der Waals surface area contributed by atoms with Gasteiger partial charge in [-0.25, -0.2) is 0 Å². The van der Waals surface area contributed by atoms with Gasteiger partial charge in [0.15, 0.2) is 0 Å². The van der Waals surface area contributed by atoms with Gasteiger partial charge >= 0.3 is 0 Å². The molecule has 0 saturated heterocycles. The van der Waals surface area contributed by atoms with E-state index in [9.17, 15) is 4.79 Å². The Morgan fingerprint density at radius 3 is 3.06 bits per heavy atom. The van der Waals surface area contributed by atoms with Crippen LogP contribution in [0.1, 0.15) is 19.3 Å². The molecule has 6 nitrogen and oxygen atoms in total. The first-order chi connectivity index (χ1) is 8.63. The number of nitrogens with two attached hydrogens (primary N) is 1. The highest BCUT2D eigenvalue weighted by molar-refractivity contribution is 5.78. The minimum atomic E-state index is 0.128. The zero-order valence-electron chi connectivity index (χ0n) is 10.8. The highest BCUT2D eigenvalue weighted by Gasteiger charge is 2.23. The fraction of sp³-hybridized carbons (Fsp3) is 0.667. The number of nitrogen functional groups attached to an aromatic ring is 1. The highest BCUT2D eigenvalue weighted by atomic mass is 16.2. The predicted octanol–water partition coefficient (Wildman–Crippen LogP) is 0.0658. The Kier molecular flexibility index (Phi) is 4.19. The van der Waals surface area contributed by atoms with Gasteiger partial charge in [0.1, 0.15) is 5.82 Å². The number of nitrogens with one attached hydrogen (secondary N) is 1. The van der Waals surface area contributed by atoms with Gasteiger partial charge in [-0.05, 0) is 32.4 Å². The van der Waals surface area contributed by atoms with Gasteiger partial charge in [-0.15, -0.1) is 0 Å². The molecule has 1 aliphatic carbocycles. The van der Waals surface area contributed by atoms with Crippen LogP contribution in [-0.4, -0.2) is 46.8 Å². The largest absolute Gasteiger partial charge is 0.382 e. The number of aromatic nitrogens is 2.